The molecule has 2 N–H and O–H groups in total. The van der Waals surface area contributed by atoms with Crippen LogP contribution in [-0.2, 0) is 0 Å². The fourth-order valence-corrected chi connectivity index (χ4v) is 3.38. The summed E-state index contributed by atoms with van der Waals surface area (Å²) in [7, 11) is 4.98. The fraction of sp³-hybridized carbons (Fsp3) is 0.409. The smallest absolute Gasteiger partial charge is 0.191 e. The van der Waals surface area contributed by atoms with Crippen molar-refractivity contribution in [2.24, 2.45) is 4.99 Å². The van der Waals surface area contributed by atoms with Gasteiger partial charge in [-0.3, -0.25) is 4.99 Å². The number of benzene rings is 2. The van der Waals surface area contributed by atoms with Gasteiger partial charge in [-0.05, 0) is 18.6 Å². The molecule has 1 unspecified atom stereocenters. The van der Waals surface area contributed by atoms with Crippen molar-refractivity contribution < 1.29 is 23.0 Å². The molecular weight excluding hydrogens is 406 g/mol. The van der Waals surface area contributed by atoms with E-state index in [9.17, 15) is 8.78 Å². The lowest BCUT2D eigenvalue weighted by Crippen LogP contribution is -2.45. The Balaban J connectivity index is 1.46. The van der Waals surface area contributed by atoms with Crippen molar-refractivity contribution >= 4 is 11.6 Å². The lowest BCUT2D eigenvalue weighted by molar-refractivity contribution is 0.318. The molecule has 1 heterocycles. The van der Waals surface area contributed by atoms with E-state index in [0.717, 1.165) is 48.8 Å². The number of hydrogen-bond acceptors (Lipinski definition) is 5. The van der Waals surface area contributed by atoms with Crippen LogP contribution in [0.15, 0.2) is 41.4 Å². The van der Waals surface area contributed by atoms with Crippen molar-refractivity contribution in [2.45, 2.75) is 12.5 Å². The molecule has 0 aromatic heterocycles. The third-order valence-electron chi connectivity index (χ3n) is 5.01. The molecule has 0 spiro atoms. The Kier molecular flexibility index (Phi) is 7.75. The number of hydrogen-bond donors (Lipinski definition) is 2. The highest BCUT2D eigenvalue weighted by atomic mass is 19.2. The Morgan fingerprint density at radius 1 is 1.06 bits per heavy atom. The highest BCUT2D eigenvalue weighted by Crippen LogP contribution is 2.30. The maximum absolute atomic E-state index is 13.2. The van der Waals surface area contributed by atoms with Crippen molar-refractivity contribution in [1.29, 1.82) is 0 Å². The molecular formula is C22H28F2N4O3. The number of nitrogens with one attached hydrogen (secondary N) is 2. The molecule has 7 nitrogen and oxygen atoms in total. The number of aliphatic imine (C=N–C) groups is 1. The van der Waals surface area contributed by atoms with Crippen LogP contribution in [0.25, 0.3) is 0 Å². The van der Waals surface area contributed by atoms with E-state index in [1.165, 1.54) is 6.07 Å². The maximum Gasteiger partial charge on any atom is 0.191 e. The van der Waals surface area contributed by atoms with Gasteiger partial charge in [0.2, 0.25) is 0 Å². The van der Waals surface area contributed by atoms with Crippen LogP contribution < -0.4 is 29.7 Å². The summed E-state index contributed by atoms with van der Waals surface area (Å²) >= 11 is 0. The van der Waals surface area contributed by atoms with Crippen LogP contribution >= 0.6 is 0 Å². The van der Waals surface area contributed by atoms with E-state index in [4.69, 9.17) is 14.2 Å². The number of guanidine groups is 1. The summed E-state index contributed by atoms with van der Waals surface area (Å²) in [6, 6.07) is 9.53. The quantitative estimate of drug-likeness (QED) is 0.378. The predicted molar refractivity (Wildman–Crippen MR) is 117 cm³/mol. The molecule has 9 heteroatoms. The van der Waals surface area contributed by atoms with Crippen LogP contribution in [-0.4, -0.2) is 59.5 Å². The number of ether oxygens (including phenoxy) is 3. The minimum Gasteiger partial charge on any atom is -0.497 e. The van der Waals surface area contributed by atoms with Crippen LogP contribution in [0.2, 0.25) is 0 Å². The third-order valence-corrected chi connectivity index (χ3v) is 5.01. The van der Waals surface area contributed by atoms with E-state index < -0.39 is 11.6 Å². The van der Waals surface area contributed by atoms with E-state index >= 15 is 0 Å². The molecule has 0 saturated carbocycles. The molecule has 0 bridgehead atoms. The van der Waals surface area contributed by atoms with Crippen molar-refractivity contribution in [1.82, 2.24) is 10.6 Å². The molecule has 1 aliphatic rings. The highest BCUT2D eigenvalue weighted by Gasteiger charge is 2.24. The molecule has 168 valence electrons. The molecule has 0 radical (unpaired) electrons. The topological polar surface area (TPSA) is 67.4 Å². The van der Waals surface area contributed by atoms with Gasteiger partial charge in [0, 0.05) is 56.1 Å². The second-order valence-corrected chi connectivity index (χ2v) is 7.07. The molecule has 31 heavy (non-hydrogen) atoms. The van der Waals surface area contributed by atoms with Gasteiger partial charge in [-0.2, -0.15) is 0 Å². The number of halogens is 2. The van der Waals surface area contributed by atoms with Crippen LogP contribution in [0.5, 0.6) is 17.2 Å². The summed E-state index contributed by atoms with van der Waals surface area (Å²) in [6.07, 6.45) is 0.950. The average Bonchev–Trinajstić information content (AvgIpc) is 3.26. The zero-order chi connectivity index (χ0) is 22.2. The highest BCUT2D eigenvalue weighted by molar-refractivity contribution is 5.80. The molecule has 1 fully saturated rings. The van der Waals surface area contributed by atoms with Crippen molar-refractivity contribution in [3.8, 4) is 17.2 Å². The molecule has 0 aliphatic carbocycles. The Morgan fingerprint density at radius 2 is 1.81 bits per heavy atom. The normalized spacial score (nSPS) is 16.2. The lowest BCUT2D eigenvalue weighted by Gasteiger charge is -2.21. The Bertz CT molecular complexity index is 888. The summed E-state index contributed by atoms with van der Waals surface area (Å²) in [5, 5.41) is 6.58. The first-order valence-electron chi connectivity index (χ1n) is 10.1. The summed E-state index contributed by atoms with van der Waals surface area (Å²) in [5.74, 6) is 0.622. The zero-order valence-corrected chi connectivity index (χ0v) is 18.0. The lowest BCUT2D eigenvalue weighted by atomic mass is 10.2. The first-order valence-corrected chi connectivity index (χ1v) is 10.1. The molecule has 1 atom stereocenters. The van der Waals surface area contributed by atoms with Crippen LogP contribution in [0.3, 0.4) is 0 Å². The molecule has 2 aromatic rings. The standard InChI is InChI=1S/C22H28F2N4O3/c1-25-22(26-7-9-31-17-4-5-20(23)21(24)13-17)27-15-6-8-28(14-15)16-10-18(29-2)12-19(11-16)30-3/h4-5,10-13,15H,6-9,14H2,1-3H3,(H2,25,26,27). The minimum atomic E-state index is -0.928. The van der Waals surface area contributed by atoms with Crippen LogP contribution in [0.1, 0.15) is 6.42 Å². The number of anilines is 1. The summed E-state index contributed by atoms with van der Waals surface area (Å²) in [4.78, 5) is 6.51. The summed E-state index contributed by atoms with van der Waals surface area (Å²) in [6.45, 7) is 2.45. The van der Waals surface area contributed by atoms with Gasteiger partial charge in [0.1, 0.15) is 23.9 Å². The fourth-order valence-electron chi connectivity index (χ4n) is 3.38. The second-order valence-electron chi connectivity index (χ2n) is 7.07. The molecule has 3 rings (SSSR count). The van der Waals surface area contributed by atoms with Gasteiger partial charge in [0.25, 0.3) is 0 Å². The van der Waals surface area contributed by atoms with Gasteiger partial charge in [0.15, 0.2) is 17.6 Å². The van der Waals surface area contributed by atoms with E-state index in [-0.39, 0.29) is 18.4 Å². The minimum absolute atomic E-state index is 0.218. The van der Waals surface area contributed by atoms with E-state index in [1.807, 2.05) is 18.2 Å². The van der Waals surface area contributed by atoms with Crippen LogP contribution in [0, 0.1) is 11.6 Å². The summed E-state index contributed by atoms with van der Waals surface area (Å²) in [5.41, 5.74) is 1.04. The predicted octanol–water partition coefficient (Wildman–Crippen LogP) is 2.80. The Hall–Kier alpha value is -3.23. The van der Waals surface area contributed by atoms with Gasteiger partial charge in [-0.1, -0.05) is 0 Å². The number of methoxy groups -OCH3 is 2. The molecule has 0 amide bonds. The van der Waals surface area contributed by atoms with Crippen LogP contribution in [0.4, 0.5) is 14.5 Å². The van der Waals surface area contributed by atoms with Gasteiger partial charge < -0.3 is 29.7 Å². The van der Waals surface area contributed by atoms with E-state index in [2.05, 4.69) is 20.5 Å². The number of rotatable bonds is 8. The first-order chi connectivity index (χ1) is 15.0. The van der Waals surface area contributed by atoms with Gasteiger partial charge in [0.05, 0.1) is 20.8 Å². The third kappa shape index (κ3) is 6.13. The van der Waals surface area contributed by atoms with Crippen molar-refractivity contribution in [3.63, 3.8) is 0 Å². The van der Waals surface area contributed by atoms with Crippen molar-refractivity contribution in [2.75, 3.05) is 52.4 Å². The zero-order valence-electron chi connectivity index (χ0n) is 18.0. The van der Waals surface area contributed by atoms with Gasteiger partial charge in [-0.15, -0.1) is 0 Å². The largest absolute Gasteiger partial charge is 0.497 e. The van der Waals surface area contributed by atoms with Gasteiger partial charge in [-0.25, -0.2) is 8.78 Å². The Morgan fingerprint density at radius 3 is 2.45 bits per heavy atom. The SMILES string of the molecule is CN=C(NCCOc1ccc(F)c(F)c1)NC1CCN(c2cc(OC)cc(OC)c2)C1. The molecule has 1 aliphatic heterocycles. The monoisotopic (exact) mass is 434 g/mol. The van der Waals surface area contributed by atoms with E-state index in [0.29, 0.717) is 12.5 Å². The van der Waals surface area contributed by atoms with Crippen molar-refractivity contribution in [3.05, 3.63) is 48.0 Å². The Labute approximate surface area is 181 Å². The number of nitrogens with zero attached hydrogens (tertiary/aromatic N) is 2. The van der Waals surface area contributed by atoms with E-state index in [1.54, 1.807) is 21.3 Å². The van der Waals surface area contributed by atoms with Gasteiger partial charge >= 0.3 is 0 Å². The maximum atomic E-state index is 13.2. The molecule has 1 saturated heterocycles. The average molecular weight is 434 g/mol. The second kappa shape index (κ2) is 10.7. The first kappa shape index (κ1) is 22.5. The summed E-state index contributed by atoms with van der Waals surface area (Å²) < 4.78 is 42.3. The molecule has 2 aromatic carbocycles.